The predicted molar refractivity (Wildman–Crippen MR) is 59.0 cm³/mol. The van der Waals surface area contributed by atoms with Crippen LogP contribution in [-0.2, 0) is 4.79 Å². The Kier molecular flexibility index (Phi) is 3.60. The highest BCUT2D eigenvalue weighted by Crippen LogP contribution is 2.17. The van der Waals surface area contributed by atoms with E-state index in [-0.39, 0.29) is 5.91 Å². The highest BCUT2D eigenvalue weighted by molar-refractivity contribution is 9.10. The number of hydrogen-bond donors (Lipinski definition) is 2. The van der Waals surface area contributed by atoms with Crippen LogP contribution in [0, 0.1) is 6.92 Å². The molecule has 0 spiro atoms. The SMILES string of the molecule is Cc1cc(NC(=O)C(C)N)ncc1Br. The lowest BCUT2D eigenvalue weighted by molar-refractivity contribution is -0.117. The molecule has 1 amide bonds. The van der Waals surface area contributed by atoms with Crippen LogP contribution in [0.25, 0.3) is 0 Å². The van der Waals surface area contributed by atoms with E-state index in [0.29, 0.717) is 5.82 Å². The van der Waals surface area contributed by atoms with Crippen LogP contribution in [0.4, 0.5) is 5.82 Å². The fourth-order valence-electron chi connectivity index (χ4n) is 0.848. The average Bonchev–Trinajstić information content (AvgIpc) is 2.11. The molecular weight excluding hydrogens is 246 g/mol. The van der Waals surface area contributed by atoms with Gasteiger partial charge in [-0.25, -0.2) is 4.98 Å². The number of nitrogens with one attached hydrogen (secondary N) is 1. The Balaban J connectivity index is 2.78. The van der Waals surface area contributed by atoms with Gasteiger partial charge >= 0.3 is 0 Å². The van der Waals surface area contributed by atoms with Gasteiger partial charge in [0.1, 0.15) is 5.82 Å². The Hall–Kier alpha value is -0.940. The molecule has 1 unspecified atom stereocenters. The largest absolute Gasteiger partial charge is 0.320 e. The number of amides is 1. The second kappa shape index (κ2) is 4.52. The normalized spacial score (nSPS) is 12.3. The van der Waals surface area contributed by atoms with Crippen molar-refractivity contribution < 1.29 is 4.79 Å². The molecule has 0 aliphatic rings. The summed E-state index contributed by atoms with van der Waals surface area (Å²) in [5.74, 6) is 0.284. The lowest BCUT2D eigenvalue weighted by atomic mass is 10.3. The smallest absolute Gasteiger partial charge is 0.242 e. The lowest BCUT2D eigenvalue weighted by Gasteiger charge is -2.07. The van der Waals surface area contributed by atoms with Gasteiger partial charge in [0.25, 0.3) is 0 Å². The Labute approximate surface area is 91.0 Å². The fraction of sp³-hybridized carbons (Fsp3) is 0.333. The van der Waals surface area contributed by atoms with Crippen molar-refractivity contribution in [2.75, 3.05) is 5.32 Å². The second-order valence-electron chi connectivity index (χ2n) is 3.10. The molecule has 4 nitrogen and oxygen atoms in total. The number of pyridine rings is 1. The number of aryl methyl sites for hydroxylation is 1. The number of nitrogens with two attached hydrogens (primary N) is 1. The average molecular weight is 258 g/mol. The topological polar surface area (TPSA) is 68.0 Å². The molecule has 0 saturated carbocycles. The van der Waals surface area contributed by atoms with Gasteiger partial charge in [-0.2, -0.15) is 0 Å². The van der Waals surface area contributed by atoms with Gasteiger partial charge in [-0.15, -0.1) is 0 Å². The third kappa shape index (κ3) is 2.78. The highest BCUT2D eigenvalue weighted by Gasteiger charge is 2.08. The molecule has 0 saturated heterocycles. The van der Waals surface area contributed by atoms with Crippen LogP contribution >= 0.6 is 15.9 Å². The summed E-state index contributed by atoms with van der Waals surface area (Å²) in [5.41, 5.74) is 6.42. The molecule has 0 aliphatic heterocycles. The maximum Gasteiger partial charge on any atom is 0.242 e. The summed E-state index contributed by atoms with van der Waals surface area (Å²) < 4.78 is 0.913. The number of hydrogen-bond acceptors (Lipinski definition) is 3. The van der Waals surface area contributed by atoms with Crippen LogP contribution in [0.3, 0.4) is 0 Å². The van der Waals surface area contributed by atoms with Crippen molar-refractivity contribution in [1.29, 1.82) is 0 Å². The number of rotatable bonds is 2. The lowest BCUT2D eigenvalue weighted by Crippen LogP contribution is -2.32. The first-order valence-corrected chi connectivity index (χ1v) is 4.98. The van der Waals surface area contributed by atoms with Crippen LogP contribution in [0.1, 0.15) is 12.5 Å². The molecule has 1 aromatic heterocycles. The number of halogens is 1. The molecule has 0 bridgehead atoms. The second-order valence-corrected chi connectivity index (χ2v) is 3.95. The van der Waals surface area contributed by atoms with Crippen molar-refractivity contribution in [2.45, 2.75) is 19.9 Å². The molecule has 1 heterocycles. The van der Waals surface area contributed by atoms with E-state index in [1.165, 1.54) is 0 Å². The standard InChI is InChI=1S/C9H12BrN3O/c1-5-3-8(12-4-7(5)10)13-9(14)6(2)11/h3-4,6H,11H2,1-2H3,(H,12,13,14). The molecule has 1 aromatic rings. The molecule has 1 atom stereocenters. The van der Waals surface area contributed by atoms with Gasteiger partial charge in [0.05, 0.1) is 6.04 Å². The molecule has 0 aliphatic carbocycles. The summed E-state index contributed by atoms with van der Waals surface area (Å²) in [4.78, 5) is 15.2. The Morgan fingerprint density at radius 3 is 2.86 bits per heavy atom. The van der Waals surface area contributed by atoms with E-state index in [9.17, 15) is 4.79 Å². The van der Waals surface area contributed by atoms with E-state index >= 15 is 0 Å². The van der Waals surface area contributed by atoms with Gasteiger partial charge in [-0.05, 0) is 41.4 Å². The molecule has 1 rings (SSSR count). The van der Waals surface area contributed by atoms with Crippen LogP contribution in [0.5, 0.6) is 0 Å². The first-order chi connectivity index (χ1) is 6.50. The van der Waals surface area contributed by atoms with E-state index in [0.717, 1.165) is 10.0 Å². The number of carbonyl (C=O) groups is 1. The minimum absolute atomic E-state index is 0.237. The molecule has 3 N–H and O–H groups in total. The van der Waals surface area contributed by atoms with Crippen LogP contribution < -0.4 is 11.1 Å². The number of anilines is 1. The predicted octanol–water partition coefficient (Wildman–Crippen LogP) is 1.44. The third-order valence-corrected chi connectivity index (χ3v) is 2.54. The van der Waals surface area contributed by atoms with Crippen LogP contribution in [-0.4, -0.2) is 16.9 Å². The van der Waals surface area contributed by atoms with Crippen molar-refractivity contribution >= 4 is 27.7 Å². The summed E-state index contributed by atoms with van der Waals surface area (Å²) >= 11 is 3.32. The summed E-state index contributed by atoms with van der Waals surface area (Å²) in [5, 5.41) is 2.61. The van der Waals surface area contributed by atoms with Gasteiger partial charge in [0.2, 0.25) is 5.91 Å². The van der Waals surface area contributed by atoms with Gasteiger partial charge in [0, 0.05) is 10.7 Å². The summed E-state index contributed by atoms with van der Waals surface area (Å²) in [7, 11) is 0. The Morgan fingerprint density at radius 1 is 1.71 bits per heavy atom. The van der Waals surface area contributed by atoms with Crippen molar-refractivity contribution in [1.82, 2.24) is 4.98 Å². The summed E-state index contributed by atoms with van der Waals surface area (Å²) in [6.45, 7) is 3.55. The van der Waals surface area contributed by atoms with Crippen molar-refractivity contribution in [3.8, 4) is 0 Å². The molecule has 14 heavy (non-hydrogen) atoms. The minimum Gasteiger partial charge on any atom is -0.320 e. The van der Waals surface area contributed by atoms with Gasteiger partial charge < -0.3 is 11.1 Å². The Morgan fingerprint density at radius 2 is 2.36 bits per heavy atom. The van der Waals surface area contributed by atoms with Gasteiger partial charge in [0.15, 0.2) is 0 Å². The quantitative estimate of drug-likeness (QED) is 0.843. The fourth-order valence-corrected chi connectivity index (χ4v) is 1.06. The van der Waals surface area contributed by atoms with E-state index in [1.54, 1.807) is 19.2 Å². The maximum absolute atomic E-state index is 11.2. The van der Waals surface area contributed by atoms with Gasteiger partial charge in [-0.1, -0.05) is 0 Å². The summed E-state index contributed by atoms with van der Waals surface area (Å²) in [6.07, 6.45) is 1.64. The van der Waals surface area contributed by atoms with Crippen LogP contribution in [0.15, 0.2) is 16.7 Å². The van der Waals surface area contributed by atoms with Gasteiger partial charge in [-0.3, -0.25) is 4.79 Å². The summed E-state index contributed by atoms with van der Waals surface area (Å²) in [6, 6.07) is 1.26. The number of aromatic nitrogens is 1. The van der Waals surface area contributed by atoms with E-state index < -0.39 is 6.04 Å². The molecule has 0 radical (unpaired) electrons. The van der Waals surface area contributed by atoms with Crippen LogP contribution in [0.2, 0.25) is 0 Å². The van der Waals surface area contributed by atoms with E-state index in [2.05, 4.69) is 26.2 Å². The minimum atomic E-state index is -0.527. The highest BCUT2D eigenvalue weighted by atomic mass is 79.9. The van der Waals surface area contributed by atoms with Crippen molar-refractivity contribution in [3.05, 3.63) is 22.3 Å². The zero-order chi connectivity index (χ0) is 10.7. The maximum atomic E-state index is 11.2. The van der Waals surface area contributed by atoms with Crippen molar-refractivity contribution in [3.63, 3.8) is 0 Å². The first kappa shape index (κ1) is 11.1. The third-order valence-electron chi connectivity index (χ3n) is 1.71. The van der Waals surface area contributed by atoms with E-state index in [4.69, 9.17) is 5.73 Å². The zero-order valence-electron chi connectivity index (χ0n) is 8.04. The molecule has 76 valence electrons. The molecular formula is C9H12BrN3O. The number of carbonyl (C=O) groups excluding carboxylic acids is 1. The monoisotopic (exact) mass is 257 g/mol. The molecule has 0 fully saturated rings. The molecule has 5 heteroatoms. The zero-order valence-corrected chi connectivity index (χ0v) is 9.63. The molecule has 0 aromatic carbocycles. The number of nitrogens with zero attached hydrogens (tertiary/aromatic N) is 1. The first-order valence-electron chi connectivity index (χ1n) is 4.19. The van der Waals surface area contributed by atoms with Crippen molar-refractivity contribution in [2.24, 2.45) is 5.73 Å². The Bertz CT molecular complexity index is 352. The van der Waals surface area contributed by atoms with E-state index in [1.807, 2.05) is 6.92 Å².